The molecule has 1 fully saturated rings. The number of carbonyl (C=O) groups is 2. The number of likely N-dealkylation sites (N-methyl/N-ethyl adjacent to an activating group) is 1. The van der Waals surface area contributed by atoms with Gasteiger partial charge in [-0.1, -0.05) is 0 Å². The van der Waals surface area contributed by atoms with Crippen LogP contribution in [0.2, 0.25) is 0 Å². The standard InChI is InChI=1S/C10H18N2O3/c1-7(10(15)11-8-3-4-8)12(2)6-5-9(13)14/h7-8H,3-6H2,1-2H3,(H,11,15)(H,13,14). The maximum absolute atomic E-state index is 11.6. The van der Waals surface area contributed by atoms with Crippen LogP contribution in [0.5, 0.6) is 0 Å². The fourth-order valence-corrected chi connectivity index (χ4v) is 1.22. The van der Waals surface area contributed by atoms with E-state index in [0.717, 1.165) is 12.8 Å². The van der Waals surface area contributed by atoms with E-state index in [9.17, 15) is 9.59 Å². The van der Waals surface area contributed by atoms with Crippen molar-refractivity contribution < 1.29 is 14.7 Å². The van der Waals surface area contributed by atoms with Crippen molar-refractivity contribution in [2.24, 2.45) is 0 Å². The summed E-state index contributed by atoms with van der Waals surface area (Å²) in [7, 11) is 1.76. The van der Waals surface area contributed by atoms with E-state index in [1.807, 2.05) is 0 Å². The van der Waals surface area contributed by atoms with Crippen molar-refractivity contribution in [2.75, 3.05) is 13.6 Å². The molecule has 5 heteroatoms. The van der Waals surface area contributed by atoms with Crippen molar-refractivity contribution in [3.05, 3.63) is 0 Å². The SMILES string of the molecule is CC(C(=O)NC1CC1)N(C)CCC(=O)O. The zero-order valence-electron chi connectivity index (χ0n) is 9.19. The number of nitrogens with one attached hydrogen (secondary N) is 1. The Labute approximate surface area is 89.4 Å². The Balaban J connectivity index is 2.26. The lowest BCUT2D eigenvalue weighted by atomic mass is 10.2. The highest BCUT2D eigenvalue weighted by Gasteiger charge is 2.27. The Morgan fingerprint density at radius 3 is 2.60 bits per heavy atom. The van der Waals surface area contributed by atoms with E-state index in [1.165, 1.54) is 0 Å². The molecule has 1 unspecified atom stereocenters. The number of hydrogen-bond acceptors (Lipinski definition) is 3. The maximum Gasteiger partial charge on any atom is 0.304 e. The van der Waals surface area contributed by atoms with Crippen molar-refractivity contribution in [1.29, 1.82) is 0 Å². The molecule has 0 aromatic carbocycles. The molecule has 1 rings (SSSR count). The van der Waals surface area contributed by atoms with Crippen LogP contribution in [0.3, 0.4) is 0 Å². The average Bonchev–Trinajstić information content (AvgIpc) is 2.96. The average molecular weight is 214 g/mol. The summed E-state index contributed by atoms with van der Waals surface area (Å²) in [6.45, 7) is 2.19. The third-order valence-electron chi connectivity index (χ3n) is 2.64. The van der Waals surface area contributed by atoms with Crippen molar-refractivity contribution in [3.63, 3.8) is 0 Å². The van der Waals surface area contributed by atoms with Gasteiger partial charge in [0.15, 0.2) is 0 Å². The number of hydrogen-bond donors (Lipinski definition) is 2. The minimum atomic E-state index is -0.836. The summed E-state index contributed by atoms with van der Waals surface area (Å²) in [4.78, 5) is 23.7. The number of carboxylic acid groups (broad SMARTS) is 1. The molecule has 1 aliphatic carbocycles. The van der Waals surface area contributed by atoms with Crippen molar-refractivity contribution in [3.8, 4) is 0 Å². The normalized spacial score (nSPS) is 17.5. The number of rotatable bonds is 6. The molecule has 1 atom stereocenters. The molecule has 5 nitrogen and oxygen atoms in total. The Bertz CT molecular complexity index is 251. The predicted octanol–water partition coefficient (Wildman–Crippen LogP) is 0.0600. The molecular formula is C10H18N2O3. The molecule has 0 aliphatic heterocycles. The van der Waals surface area contributed by atoms with Gasteiger partial charge in [0.1, 0.15) is 0 Å². The number of nitrogens with zero attached hydrogens (tertiary/aromatic N) is 1. The van der Waals surface area contributed by atoms with Crippen LogP contribution in [-0.2, 0) is 9.59 Å². The van der Waals surface area contributed by atoms with Gasteiger partial charge in [-0.3, -0.25) is 14.5 Å². The van der Waals surface area contributed by atoms with Crippen LogP contribution in [0.15, 0.2) is 0 Å². The van der Waals surface area contributed by atoms with E-state index in [0.29, 0.717) is 12.6 Å². The Hall–Kier alpha value is -1.10. The monoisotopic (exact) mass is 214 g/mol. The van der Waals surface area contributed by atoms with Gasteiger partial charge in [-0.15, -0.1) is 0 Å². The molecule has 1 amide bonds. The third kappa shape index (κ3) is 4.29. The molecule has 15 heavy (non-hydrogen) atoms. The number of carboxylic acids is 1. The molecule has 0 bridgehead atoms. The van der Waals surface area contributed by atoms with Crippen LogP contribution in [0.25, 0.3) is 0 Å². The van der Waals surface area contributed by atoms with E-state index in [-0.39, 0.29) is 18.4 Å². The molecule has 0 heterocycles. The highest BCUT2D eigenvalue weighted by atomic mass is 16.4. The lowest BCUT2D eigenvalue weighted by molar-refractivity contribution is -0.138. The maximum atomic E-state index is 11.6. The fourth-order valence-electron chi connectivity index (χ4n) is 1.22. The Kier molecular flexibility index (Phi) is 4.08. The highest BCUT2D eigenvalue weighted by Crippen LogP contribution is 2.18. The van der Waals surface area contributed by atoms with E-state index in [4.69, 9.17) is 5.11 Å². The van der Waals surface area contributed by atoms with Gasteiger partial charge >= 0.3 is 5.97 Å². The fraction of sp³-hybridized carbons (Fsp3) is 0.800. The van der Waals surface area contributed by atoms with Gasteiger partial charge < -0.3 is 10.4 Å². The number of aliphatic carboxylic acids is 1. The molecule has 1 aliphatic rings. The summed E-state index contributed by atoms with van der Waals surface area (Å²) < 4.78 is 0. The predicted molar refractivity (Wildman–Crippen MR) is 55.5 cm³/mol. The summed E-state index contributed by atoms with van der Waals surface area (Å²) in [5.41, 5.74) is 0. The molecule has 2 N–H and O–H groups in total. The lowest BCUT2D eigenvalue weighted by Crippen LogP contribution is -2.44. The van der Waals surface area contributed by atoms with Crippen LogP contribution < -0.4 is 5.32 Å². The van der Waals surface area contributed by atoms with Crippen molar-refractivity contribution in [2.45, 2.75) is 38.3 Å². The molecule has 0 aromatic rings. The van der Waals surface area contributed by atoms with Crippen LogP contribution in [0.4, 0.5) is 0 Å². The Morgan fingerprint density at radius 2 is 2.13 bits per heavy atom. The third-order valence-corrected chi connectivity index (χ3v) is 2.64. The van der Waals surface area contributed by atoms with E-state index >= 15 is 0 Å². The molecule has 0 spiro atoms. The van der Waals surface area contributed by atoms with Crippen LogP contribution in [-0.4, -0.2) is 47.6 Å². The van der Waals surface area contributed by atoms with Gasteiger partial charge in [0.2, 0.25) is 5.91 Å². The minimum absolute atomic E-state index is 0.00890. The number of amides is 1. The van der Waals surface area contributed by atoms with Gasteiger partial charge in [-0.05, 0) is 26.8 Å². The van der Waals surface area contributed by atoms with E-state index in [2.05, 4.69) is 5.32 Å². The zero-order valence-corrected chi connectivity index (χ0v) is 9.19. The van der Waals surface area contributed by atoms with Crippen LogP contribution >= 0.6 is 0 Å². The quantitative estimate of drug-likeness (QED) is 0.656. The summed E-state index contributed by atoms with van der Waals surface area (Å²) in [6, 6.07) is 0.0952. The Morgan fingerprint density at radius 1 is 1.53 bits per heavy atom. The van der Waals surface area contributed by atoms with Gasteiger partial charge in [0.25, 0.3) is 0 Å². The first-order valence-electron chi connectivity index (χ1n) is 5.23. The largest absolute Gasteiger partial charge is 0.481 e. The van der Waals surface area contributed by atoms with Gasteiger partial charge in [-0.25, -0.2) is 0 Å². The second-order valence-corrected chi connectivity index (χ2v) is 4.08. The minimum Gasteiger partial charge on any atom is -0.481 e. The van der Waals surface area contributed by atoms with Crippen LogP contribution in [0.1, 0.15) is 26.2 Å². The molecular weight excluding hydrogens is 196 g/mol. The summed E-state index contributed by atoms with van der Waals surface area (Å²) >= 11 is 0. The van der Waals surface area contributed by atoms with Crippen LogP contribution in [0, 0.1) is 0 Å². The van der Waals surface area contributed by atoms with E-state index < -0.39 is 5.97 Å². The molecule has 86 valence electrons. The first-order chi connectivity index (χ1) is 7.00. The van der Waals surface area contributed by atoms with Crippen molar-refractivity contribution in [1.82, 2.24) is 10.2 Å². The van der Waals surface area contributed by atoms with Gasteiger partial charge in [0.05, 0.1) is 12.5 Å². The van der Waals surface area contributed by atoms with E-state index in [1.54, 1.807) is 18.9 Å². The van der Waals surface area contributed by atoms with Gasteiger partial charge in [-0.2, -0.15) is 0 Å². The second-order valence-electron chi connectivity index (χ2n) is 4.08. The topological polar surface area (TPSA) is 69.6 Å². The first kappa shape index (κ1) is 12.0. The summed E-state index contributed by atoms with van der Waals surface area (Å²) in [6.07, 6.45) is 2.20. The summed E-state index contributed by atoms with van der Waals surface area (Å²) in [5, 5.41) is 11.4. The molecule has 0 aromatic heterocycles. The highest BCUT2D eigenvalue weighted by molar-refractivity contribution is 5.81. The lowest BCUT2D eigenvalue weighted by Gasteiger charge is -2.22. The molecule has 0 saturated heterocycles. The molecule has 0 radical (unpaired) electrons. The molecule has 1 saturated carbocycles. The van der Waals surface area contributed by atoms with Crippen molar-refractivity contribution >= 4 is 11.9 Å². The smallest absolute Gasteiger partial charge is 0.304 e. The van der Waals surface area contributed by atoms with Gasteiger partial charge in [0, 0.05) is 12.6 Å². The number of carbonyl (C=O) groups excluding carboxylic acids is 1. The first-order valence-corrected chi connectivity index (χ1v) is 5.23. The summed E-state index contributed by atoms with van der Waals surface area (Å²) in [5.74, 6) is -0.845. The zero-order chi connectivity index (χ0) is 11.4. The second kappa shape index (κ2) is 5.11.